The Labute approximate surface area is 158 Å². The van der Waals surface area contributed by atoms with Crippen LogP contribution in [-0.2, 0) is 4.79 Å². The van der Waals surface area contributed by atoms with E-state index in [1.54, 1.807) is 36.3 Å². The highest BCUT2D eigenvalue weighted by atomic mass is 16.5. The van der Waals surface area contributed by atoms with Crippen LogP contribution in [0, 0.1) is 0 Å². The molecule has 0 spiro atoms. The van der Waals surface area contributed by atoms with Crippen LogP contribution in [-0.4, -0.2) is 38.2 Å². The van der Waals surface area contributed by atoms with Crippen LogP contribution >= 0.6 is 0 Å². The first-order chi connectivity index (χ1) is 13.1. The van der Waals surface area contributed by atoms with Gasteiger partial charge in [0.25, 0.3) is 0 Å². The minimum absolute atomic E-state index is 0.0217. The van der Waals surface area contributed by atoms with Crippen molar-refractivity contribution in [2.75, 3.05) is 30.5 Å². The van der Waals surface area contributed by atoms with Gasteiger partial charge in [-0.2, -0.15) is 0 Å². The number of methoxy groups -OCH3 is 1. The van der Waals surface area contributed by atoms with E-state index >= 15 is 0 Å². The third-order valence-electron chi connectivity index (χ3n) is 4.27. The average molecular weight is 369 g/mol. The predicted molar refractivity (Wildman–Crippen MR) is 104 cm³/mol. The molecule has 0 unspecified atom stereocenters. The summed E-state index contributed by atoms with van der Waals surface area (Å²) in [4.78, 5) is 26.2. The van der Waals surface area contributed by atoms with E-state index in [1.165, 1.54) is 0 Å². The molecule has 0 saturated carbocycles. The van der Waals surface area contributed by atoms with Crippen LogP contribution in [0.2, 0.25) is 0 Å². The van der Waals surface area contributed by atoms with Gasteiger partial charge >= 0.3 is 6.03 Å². The quantitative estimate of drug-likeness (QED) is 0.820. The normalized spacial score (nSPS) is 16.1. The van der Waals surface area contributed by atoms with Crippen molar-refractivity contribution in [2.24, 2.45) is 0 Å². The fourth-order valence-corrected chi connectivity index (χ4v) is 2.97. The summed E-state index contributed by atoms with van der Waals surface area (Å²) < 4.78 is 10.5. The van der Waals surface area contributed by atoms with Crippen LogP contribution in [0.5, 0.6) is 11.5 Å². The molecule has 3 rings (SSSR count). The second-order valence-electron chi connectivity index (χ2n) is 6.16. The number of rotatable bonds is 6. The van der Waals surface area contributed by atoms with Gasteiger partial charge in [0.2, 0.25) is 5.91 Å². The zero-order valence-corrected chi connectivity index (χ0v) is 15.4. The molecular weight excluding hydrogens is 346 g/mol. The number of carbonyl (C=O) groups is 2. The Morgan fingerprint density at radius 1 is 1.11 bits per heavy atom. The van der Waals surface area contributed by atoms with Gasteiger partial charge in [0.1, 0.15) is 11.5 Å². The van der Waals surface area contributed by atoms with Crippen molar-refractivity contribution in [3.05, 3.63) is 48.5 Å². The predicted octanol–water partition coefficient (Wildman–Crippen LogP) is 3.02. The lowest BCUT2D eigenvalue weighted by molar-refractivity contribution is -0.117. The second kappa shape index (κ2) is 8.44. The van der Waals surface area contributed by atoms with Crippen LogP contribution in [0.3, 0.4) is 0 Å². The monoisotopic (exact) mass is 369 g/mol. The number of benzene rings is 2. The minimum atomic E-state index is -0.339. The third kappa shape index (κ3) is 4.69. The van der Waals surface area contributed by atoms with E-state index in [4.69, 9.17) is 9.47 Å². The molecular formula is C20H23N3O4. The molecule has 1 aliphatic rings. The van der Waals surface area contributed by atoms with Gasteiger partial charge in [-0.15, -0.1) is 0 Å². The highest BCUT2D eigenvalue weighted by molar-refractivity contribution is 5.97. The van der Waals surface area contributed by atoms with E-state index in [9.17, 15) is 9.59 Å². The average Bonchev–Trinajstić information content (AvgIpc) is 3.03. The van der Waals surface area contributed by atoms with E-state index in [-0.39, 0.29) is 24.4 Å². The summed E-state index contributed by atoms with van der Waals surface area (Å²) in [6.45, 7) is 2.94. The lowest BCUT2D eigenvalue weighted by Crippen LogP contribution is -2.39. The molecule has 2 N–H and O–H groups in total. The summed E-state index contributed by atoms with van der Waals surface area (Å²) in [5, 5.41) is 5.62. The lowest BCUT2D eigenvalue weighted by atomic mass is 10.2. The number of hydrogen-bond acceptors (Lipinski definition) is 4. The molecule has 0 bridgehead atoms. The standard InChI is InChI=1S/C20H23N3O4/c1-3-27-18-8-4-14(5-9-18)21-20(25)22-15-12-19(24)23(13-15)16-6-10-17(26-2)11-7-16/h4-11,15H,3,12-13H2,1-2H3,(H2,21,22,25)/t15-/m1/s1. The number of nitrogens with one attached hydrogen (secondary N) is 2. The summed E-state index contributed by atoms with van der Waals surface area (Å²) in [5.74, 6) is 1.46. The molecule has 1 aliphatic heterocycles. The Kier molecular flexibility index (Phi) is 5.80. The van der Waals surface area contributed by atoms with Crippen molar-refractivity contribution in [2.45, 2.75) is 19.4 Å². The maximum atomic E-state index is 12.3. The Morgan fingerprint density at radius 2 is 1.78 bits per heavy atom. The first kappa shape index (κ1) is 18.6. The molecule has 0 aliphatic carbocycles. The van der Waals surface area contributed by atoms with Crippen LogP contribution in [0.25, 0.3) is 0 Å². The fourth-order valence-electron chi connectivity index (χ4n) is 2.97. The molecule has 1 saturated heterocycles. The molecule has 0 aromatic heterocycles. The van der Waals surface area contributed by atoms with Crippen LogP contribution < -0.4 is 25.0 Å². The smallest absolute Gasteiger partial charge is 0.319 e. The summed E-state index contributed by atoms with van der Waals surface area (Å²) in [5.41, 5.74) is 1.45. The van der Waals surface area contributed by atoms with E-state index < -0.39 is 0 Å². The lowest BCUT2D eigenvalue weighted by Gasteiger charge is -2.18. The van der Waals surface area contributed by atoms with E-state index in [2.05, 4.69) is 10.6 Å². The topological polar surface area (TPSA) is 79.9 Å². The van der Waals surface area contributed by atoms with Gasteiger partial charge in [0, 0.05) is 24.3 Å². The van der Waals surface area contributed by atoms with E-state index in [0.717, 1.165) is 17.2 Å². The molecule has 2 aromatic rings. The number of hydrogen-bond donors (Lipinski definition) is 2. The number of nitrogens with zero attached hydrogens (tertiary/aromatic N) is 1. The van der Waals surface area contributed by atoms with Crippen molar-refractivity contribution in [1.82, 2.24) is 5.32 Å². The zero-order chi connectivity index (χ0) is 19.2. The fraction of sp³-hybridized carbons (Fsp3) is 0.300. The van der Waals surface area contributed by atoms with Gasteiger partial charge in [-0.3, -0.25) is 4.79 Å². The van der Waals surface area contributed by atoms with Crippen LogP contribution in [0.1, 0.15) is 13.3 Å². The largest absolute Gasteiger partial charge is 0.497 e. The first-order valence-electron chi connectivity index (χ1n) is 8.84. The summed E-state index contributed by atoms with van der Waals surface area (Å²) >= 11 is 0. The third-order valence-corrected chi connectivity index (χ3v) is 4.27. The van der Waals surface area contributed by atoms with Gasteiger partial charge in [-0.05, 0) is 55.5 Å². The van der Waals surface area contributed by atoms with Gasteiger partial charge in [0.15, 0.2) is 0 Å². The number of ether oxygens (including phenoxy) is 2. The van der Waals surface area contributed by atoms with Crippen molar-refractivity contribution in [1.29, 1.82) is 0 Å². The van der Waals surface area contributed by atoms with Crippen LogP contribution in [0.15, 0.2) is 48.5 Å². The van der Waals surface area contributed by atoms with Crippen molar-refractivity contribution in [3.8, 4) is 11.5 Å². The maximum Gasteiger partial charge on any atom is 0.319 e. The molecule has 2 aromatic carbocycles. The summed E-state index contributed by atoms with van der Waals surface area (Å²) in [6.07, 6.45) is 0.267. The first-order valence-corrected chi connectivity index (χ1v) is 8.84. The molecule has 1 heterocycles. The molecule has 0 radical (unpaired) electrons. The molecule has 142 valence electrons. The highest BCUT2D eigenvalue weighted by Crippen LogP contribution is 2.24. The Hall–Kier alpha value is -3.22. The number of carbonyl (C=O) groups excluding carboxylic acids is 2. The zero-order valence-electron chi connectivity index (χ0n) is 15.4. The van der Waals surface area contributed by atoms with Gasteiger partial charge in [0.05, 0.1) is 19.8 Å². The summed E-state index contributed by atoms with van der Waals surface area (Å²) in [6, 6.07) is 13.8. The van der Waals surface area contributed by atoms with Crippen LogP contribution in [0.4, 0.5) is 16.2 Å². The number of anilines is 2. The number of urea groups is 1. The molecule has 1 atom stereocenters. The SMILES string of the molecule is CCOc1ccc(NC(=O)N[C@@H]2CC(=O)N(c3ccc(OC)cc3)C2)cc1. The van der Waals surface area contributed by atoms with Crippen molar-refractivity contribution < 1.29 is 19.1 Å². The van der Waals surface area contributed by atoms with Gasteiger partial charge in [-0.1, -0.05) is 0 Å². The number of amides is 3. The van der Waals surface area contributed by atoms with Gasteiger partial charge < -0.3 is 25.0 Å². The summed E-state index contributed by atoms with van der Waals surface area (Å²) in [7, 11) is 1.60. The molecule has 3 amide bonds. The van der Waals surface area contributed by atoms with Gasteiger partial charge in [-0.25, -0.2) is 4.79 Å². The Bertz CT molecular complexity index is 790. The molecule has 1 fully saturated rings. The molecule has 7 nitrogen and oxygen atoms in total. The maximum absolute atomic E-state index is 12.3. The second-order valence-corrected chi connectivity index (χ2v) is 6.16. The Balaban J connectivity index is 1.54. The molecule has 7 heteroatoms. The van der Waals surface area contributed by atoms with Crippen molar-refractivity contribution >= 4 is 23.3 Å². The van der Waals surface area contributed by atoms with Crippen molar-refractivity contribution in [3.63, 3.8) is 0 Å². The Morgan fingerprint density at radius 3 is 2.41 bits per heavy atom. The molecule has 27 heavy (non-hydrogen) atoms. The van der Waals surface area contributed by atoms with E-state index in [0.29, 0.717) is 18.8 Å². The van der Waals surface area contributed by atoms with E-state index in [1.807, 2.05) is 31.2 Å². The highest BCUT2D eigenvalue weighted by Gasteiger charge is 2.31. The minimum Gasteiger partial charge on any atom is -0.497 e.